The lowest BCUT2D eigenvalue weighted by Gasteiger charge is -2.28. The summed E-state index contributed by atoms with van der Waals surface area (Å²) in [5.41, 5.74) is 27.1. The number of rotatable bonds is 19. The molecule has 0 aliphatic carbocycles. The van der Waals surface area contributed by atoms with Gasteiger partial charge in [0.25, 0.3) is 0 Å². The van der Waals surface area contributed by atoms with Crippen LogP contribution in [0.15, 0.2) is 497 Å². The summed E-state index contributed by atoms with van der Waals surface area (Å²) in [6.45, 7) is 0. The molecule has 0 heterocycles. The second-order valence-corrected chi connectivity index (χ2v) is 31.7. The van der Waals surface area contributed by atoms with Crippen LogP contribution < -0.4 is 29.4 Å². The molecular weight excluding hydrogens is 1540 g/mol. The molecule has 0 fully saturated rings. The van der Waals surface area contributed by atoms with Crippen molar-refractivity contribution < 1.29 is 0 Å². The molecule has 606 valence electrons. The zero-order valence-electron chi connectivity index (χ0n) is 71.0. The summed E-state index contributed by atoms with van der Waals surface area (Å²) in [7, 11) is 6.26. The third-order valence-electron chi connectivity index (χ3n) is 24.0. The molecule has 0 unspecified atom stereocenters. The van der Waals surface area contributed by atoms with Gasteiger partial charge in [-0.25, -0.2) is 0 Å². The van der Waals surface area contributed by atoms with Gasteiger partial charge in [-0.15, -0.1) is 0 Å². The van der Waals surface area contributed by atoms with E-state index in [1.54, 1.807) is 0 Å². The second-order valence-electron chi connectivity index (χ2n) is 31.7. The predicted octanol–water partition coefficient (Wildman–Crippen LogP) is 33.1. The Morgan fingerprint density at radius 3 is 0.756 bits per heavy atom. The van der Waals surface area contributed by atoms with Gasteiger partial charge in [-0.1, -0.05) is 340 Å². The number of nitriles is 1. The Bertz CT molecular complexity index is 7240. The van der Waals surface area contributed by atoms with Crippen molar-refractivity contribution in [3.63, 3.8) is 0 Å². The molecule has 0 aliphatic rings. The van der Waals surface area contributed by atoms with Gasteiger partial charge in [-0.3, -0.25) is 0 Å². The Morgan fingerprint density at radius 2 is 0.386 bits per heavy atom. The van der Waals surface area contributed by atoms with Crippen molar-refractivity contribution in [1.29, 1.82) is 5.26 Å². The van der Waals surface area contributed by atoms with E-state index in [1.165, 1.54) is 110 Å². The predicted molar refractivity (Wildman–Crippen MR) is 541 cm³/mol. The minimum atomic E-state index is 0.655. The Balaban J connectivity index is 0.000000124. The summed E-state index contributed by atoms with van der Waals surface area (Å²) in [5.74, 6) is 0. The lowest BCUT2D eigenvalue weighted by atomic mass is 10.0. The summed E-state index contributed by atoms with van der Waals surface area (Å²) in [5, 5.41) is 21.6. The maximum Gasteiger partial charge on any atom is 0.0992 e. The average molecular weight is 1630 g/mol. The third-order valence-corrected chi connectivity index (χ3v) is 24.0. The Kier molecular flexibility index (Phi) is 23.2. The number of para-hydroxylation sites is 2. The monoisotopic (exact) mass is 1630 g/mol. The molecule has 0 aliphatic heterocycles. The topological polar surface area (TPSA) is 43.2 Å². The van der Waals surface area contributed by atoms with Gasteiger partial charge in [0.1, 0.15) is 0 Å². The molecule has 0 radical (unpaired) electrons. The van der Waals surface area contributed by atoms with Crippen LogP contribution in [0.25, 0.3) is 98.4 Å². The molecule has 21 rings (SSSR count). The zero-order valence-corrected chi connectivity index (χ0v) is 71.0. The van der Waals surface area contributed by atoms with Crippen LogP contribution in [-0.4, -0.2) is 21.1 Å². The lowest BCUT2D eigenvalue weighted by molar-refractivity contribution is 1.21. The Morgan fingerprint density at radius 1 is 0.157 bits per heavy atom. The van der Waals surface area contributed by atoms with Crippen LogP contribution in [0.4, 0.5) is 85.3 Å². The number of benzene rings is 21. The summed E-state index contributed by atoms with van der Waals surface area (Å²) in [6, 6.07) is 179. The summed E-state index contributed by atoms with van der Waals surface area (Å²) < 4.78 is 0. The highest BCUT2D eigenvalue weighted by molar-refractivity contribution is 6.07. The van der Waals surface area contributed by atoms with Crippen LogP contribution in [-0.2, 0) is 0 Å². The van der Waals surface area contributed by atoms with E-state index in [-0.39, 0.29) is 0 Å². The molecule has 0 aromatic heterocycles. The van der Waals surface area contributed by atoms with Crippen LogP contribution in [0.5, 0.6) is 0 Å². The van der Waals surface area contributed by atoms with Gasteiger partial charge >= 0.3 is 0 Å². The average Bonchev–Trinajstić information content (AvgIpc) is 0.762. The first-order chi connectivity index (χ1) is 62.7. The molecule has 0 bridgehead atoms. The highest BCUT2D eigenvalue weighted by atomic mass is 15.2. The molecular formula is C120H91N7. The molecule has 0 atom stereocenters. The van der Waals surface area contributed by atoms with Gasteiger partial charge in [-0.05, 0) is 229 Å². The first-order valence-corrected chi connectivity index (χ1v) is 43.1. The van der Waals surface area contributed by atoms with Crippen LogP contribution in [0, 0.1) is 11.3 Å². The van der Waals surface area contributed by atoms with Gasteiger partial charge < -0.3 is 29.4 Å². The second kappa shape index (κ2) is 36.9. The van der Waals surface area contributed by atoms with E-state index in [2.05, 4.69) is 505 Å². The molecule has 21 aromatic rings. The molecule has 7 nitrogen and oxygen atoms in total. The van der Waals surface area contributed by atoms with E-state index < -0.39 is 0 Å². The normalized spacial score (nSPS) is 10.9. The Hall–Kier alpha value is -16.8. The van der Waals surface area contributed by atoms with Crippen molar-refractivity contribution in [1.82, 2.24) is 0 Å². The van der Waals surface area contributed by atoms with E-state index in [0.29, 0.717) is 5.56 Å². The fourth-order valence-electron chi connectivity index (χ4n) is 17.3. The van der Waals surface area contributed by atoms with E-state index in [4.69, 9.17) is 0 Å². The minimum Gasteiger partial charge on any atom is -0.345 e. The smallest absolute Gasteiger partial charge is 0.0992 e. The highest BCUT2D eigenvalue weighted by Gasteiger charge is 2.22. The van der Waals surface area contributed by atoms with Crippen molar-refractivity contribution in [3.05, 3.63) is 503 Å². The third kappa shape index (κ3) is 17.2. The minimum absolute atomic E-state index is 0.655. The van der Waals surface area contributed by atoms with Crippen molar-refractivity contribution in [2.45, 2.75) is 0 Å². The highest BCUT2D eigenvalue weighted by Crippen LogP contribution is 2.47. The van der Waals surface area contributed by atoms with Gasteiger partial charge in [0, 0.05) is 111 Å². The van der Waals surface area contributed by atoms with E-state index >= 15 is 0 Å². The number of nitrogens with zero attached hydrogens (tertiary/aromatic N) is 7. The number of fused-ring (bicyclic) bond motifs is 5. The van der Waals surface area contributed by atoms with Crippen molar-refractivity contribution in [2.75, 3.05) is 50.5 Å². The molecule has 0 N–H and O–H groups in total. The molecule has 7 heteroatoms. The maximum absolute atomic E-state index is 9.25. The Labute approximate surface area is 743 Å². The molecule has 0 saturated carbocycles. The standard InChI is InChI=1S/C43H32N2.C39H30N2.C38H29N3/c1-44(41-20-8-14-33-11-2-5-17-38(33)41)36-27-23-31(24-28-36)32-25-29-37(30-26-32)45(42-21-9-15-34-12-3-6-18-39(34)42)43-22-10-16-35-13-4-7-19-40(35)43;1-40(33-15-3-2-4-16-33)34-25-21-29(22-26-34)30-23-27-35(28-24-30)41(38-19-9-13-31-11-5-7-17-36(31)38)39-20-10-14-32-12-6-8-18-37(32)39;1-40(37-16-8-10-29(26-37)28-39)34-22-18-31(19-23-34)32-20-24-36(25-21-32)41(35-14-6-3-7-15-35)38-17-9-13-33(27-38)30-11-4-2-5-12-30/h2-30H,1H3;2-28H,1H3;2-27H,1H3. The number of anilines is 15. The van der Waals surface area contributed by atoms with Crippen LogP contribution in [0.3, 0.4) is 0 Å². The molecule has 0 spiro atoms. The van der Waals surface area contributed by atoms with Crippen molar-refractivity contribution >= 4 is 139 Å². The fraction of sp³-hybridized carbons (Fsp3) is 0.0250. The van der Waals surface area contributed by atoms with Gasteiger partial charge in [0.2, 0.25) is 0 Å². The van der Waals surface area contributed by atoms with Crippen molar-refractivity contribution in [3.8, 4) is 50.6 Å². The first kappa shape index (κ1) is 80.0. The summed E-state index contributed by atoms with van der Waals surface area (Å²) in [4.78, 5) is 13.7. The van der Waals surface area contributed by atoms with Gasteiger partial charge in [0.15, 0.2) is 0 Å². The van der Waals surface area contributed by atoms with E-state index in [0.717, 1.165) is 73.7 Å². The van der Waals surface area contributed by atoms with Crippen LogP contribution >= 0.6 is 0 Å². The quantitative estimate of drug-likeness (QED) is 0.0799. The van der Waals surface area contributed by atoms with Crippen molar-refractivity contribution in [2.24, 2.45) is 0 Å². The lowest BCUT2D eigenvalue weighted by Crippen LogP contribution is -2.11. The number of hydrogen-bond acceptors (Lipinski definition) is 7. The maximum atomic E-state index is 9.25. The fourth-order valence-corrected chi connectivity index (χ4v) is 17.3. The molecule has 127 heavy (non-hydrogen) atoms. The van der Waals surface area contributed by atoms with Crippen LogP contribution in [0.1, 0.15) is 5.56 Å². The molecule has 0 saturated heterocycles. The van der Waals surface area contributed by atoms with Gasteiger partial charge in [-0.2, -0.15) is 5.26 Å². The van der Waals surface area contributed by atoms with E-state index in [9.17, 15) is 5.26 Å². The molecule has 21 aromatic carbocycles. The van der Waals surface area contributed by atoms with Crippen LogP contribution in [0.2, 0.25) is 0 Å². The summed E-state index contributed by atoms with van der Waals surface area (Å²) >= 11 is 0. The number of hydrogen-bond donors (Lipinski definition) is 0. The molecule has 0 amide bonds. The first-order valence-electron chi connectivity index (χ1n) is 43.1. The zero-order chi connectivity index (χ0) is 85.8. The van der Waals surface area contributed by atoms with E-state index in [1.807, 2.05) is 49.5 Å². The summed E-state index contributed by atoms with van der Waals surface area (Å²) in [6.07, 6.45) is 0. The van der Waals surface area contributed by atoms with Gasteiger partial charge in [0.05, 0.1) is 34.4 Å². The SMILES string of the molecule is CN(c1ccc(-c2ccc(N(c3cccc4ccccc34)c3cccc4ccccc34)cc2)cc1)c1cccc2ccccc12.CN(c1ccc(-c2ccc(N(c3ccccc3)c3cccc(-c4ccccc4)c3)cc2)cc1)c1cccc(C#N)c1.CN(c1ccccc1)c1ccc(-c2ccc(N(c3cccc4ccccc34)c3cccc4ccccc34)cc2)cc1. The largest absolute Gasteiger partial charge is 0.345 e.